The highest BCUT2D eigenvalue weighted by atomic mass is 32.2. The van der Waals surface area contributed by atoms with E-state index in [0.717, 1.165) is 35.2 Å². The van der Waals surface area contributed by atoms with Crippen molar-refractivity contribution < 1.29 is 4.74 Å². The summed E-state index contributed by atoms with van der Waals surface area (Å²) in [5, 5.41) is 3.19. The van der Waals surface area contributed by atoms with Crippen molar-refractivity contribution in [3.8, 4) is 0 Å². The molecule has 1 aliphatic heterocycles. The van der Waals surface area contributed by atoms with E-state index in [-0.39, 0.29) is 12.1 Å². The Bertz CT molecular complexity index is 326. The molecule has 4 nitrogen and oxygen atoms in total. The van der Waals surface area contributed by atoms with Crippen LogP contribution < -0.4 is 11.3 Å². The lowest BCUT2D eigenvalue weighted by Gasteiger charge is -2.29. The van der Waals surface area contributed by atoms with Gasteiger partial charge in [0.2, 0.25) is 0 Å². The number of nitrogens with one attached hydrogen (secondary N) is 1. The molecule has 6 heteroatoms. The average Bonchev–Trinajstić information content (AvgIpc) is 2.73. The second-order valence-corrected chi connectivity index (χ2v) is 6.03. The van der Waals surface area contributed by atoms with Crippen LogP contribution >= 0.6 is 23.1 Å². The van der Waals surface area contributed by atoms with Crippen LogP contribution in [0.15, 0.2) is 5.38 Å². The lowest BCUT2D eigenvalue weighted by atomic mass is 10.1. The smallest absolute Gasteiger partial charge is 0.0897 e. The number of rotatable bonds is 4. The molecule has 1 fully saturated rings. The molecule has 0 amide bonds. The van der Waals surface area contributed by atoms with Gasteiger partial charge in [-0.3, -0.25) is 11.3 Å². The Balaban J connectivity index is 1.94. The molecule has 0 aliphatic carbocycles. The minimum atomic E-state index is 0.161. The predicted octanol–water partition coefficient (Wildman–Crippen LogP) is 0.958. The standard InChI is InChI=1S/C10H17N3OS2/c1-7-12-8(5-16-7)4-9(13-11)10-6-15-3-2-14-10/h5,9-10,13H,2-4,6,11H2,1H3. The Labute approximate surface area is 104 Å². The monoisotopic (exact) mass is 259 g/mol. The molecule has 0 aromatic carbocycles. The summed E-state index contributed by atoms with van der Waals surface area (Å²) in [7, 11) is 0. The zero-order valence-corrected chi connectivity index (χ0v) is 10.9. The van der Waals surface area contributed by atoms with E-state index in [0.29, 0.717) is 0 Å². The molecule has 0 radical (unpaired) electrons. The molecule has 2 atom stereocenters. The summed E-state index contributed by atoms with van der Waals surface area (Å²) in [5.74, 6) is 7.69. The molecule has 0 bridgehead atoms. The number of aryl methyl sites for hydroxylation is 1. The van der Waals surface area contributed by atoms with Crippen LogP contribution in [0.1, 0.15) is 10.7 Å². The molecular formula is C10H17N3OS2. The van der Waals surface area contributed by atoms with Gasteiger partial charge >= 0.3 is 0 Å². The van der Waals surface area contributed by atoms with E-state index in [1.54, 1.807) is 11.3 Å². The van der Waals surface area contributed by atoms with E-state index in [1.165, 1.54) is 0 Å². The van der Waals surface area contributed by atoms with Gasteiger partial charge in [0.1, 0.15) is 0 Å². The van der Waals surface area contributed by atoms with Gasteiger partial charge in [0.15, 0.2) is 0 Å². The van der Waals surface area contributed by atoms with Crippen molar-refractivity contribution >= 4 is 23.1 Å². The van der Waals surface area contributed by atoms with Crippen molar-refractivity contribution in [1.82, 2.24) is 10.4 Å². The molecule has 0 saturated carbocycles. The van der Waals surface area contributed by atoms with Gasteiger partial charge in [0, 0.05) is 23.3 Å². The summed E-state index contributed by atoms with van der Waals surface area (Å²) in [6, 6.07) is 0.161. The zero-order chi connectivity index (χ0) is 11.4. The van der Waals surface area contributed by atoms with Crippen LogP contribution in [-0.4, -0.2) is 35.2 Å². The second-order valence-electron chi connectivity index (χ2n) is 3.82. The summed E-state index contributed by atoms with van der Waals surface area (Å²) in [6.45, 7) is 2.84. The summed E-state index contributed by atoms with van der Waals surface area (Å²) in [6.07, 6.45) is 1.04. The fourth-order valence-electron chi connectivity index (χ4n) is 1.76. The largest absolute Gasteiger partial charge is 0.375 e. The highest BCUT2D eigenvalue weighted by Crippen LogP contribution is 2.18. The van der Waals surface area contributed by atoms with Gasteiger partial charge < -0.3 is 4.74 Å². The maximum Gasteiger partial charge on any atom is 0.0897 e. The van der Waals surface area contributed by atoms with Gasteiger partial charge in [-0.25, -0.2) is 4.98 Å². The Morgan fingerprint density at radius 2 is 2.62 bits per heavy atom. The van der Waals surface area contributed by atoms with E-state index < -0.39 is 0 Å². The van der Waals surface area contributed by atoms with Gasteiger partial charge in [-0.05, 0) is 6.92 Å². The van der Waals surface area contributed by atoms with E-state index >= 15 is 0 Å². The van der Waals surface area contributed by atoms with Crippen molar-refractivity contribution in [1.29, 1.82) is 0 Å². The number of hydrogen-bond donors (Lipinski definition) is 2. The fourth-order valence-corrected chi connectivity index (χ4v) is 3.33. The molecule has 0 spiro atoms. The molecule has 2 unspecified atom stereocenters. The van der Waals surface area contributed by atoms with Gasteiger partial charge in [-0.15, -0.1) is 11.3 Å². The first kappa shape index (κ1) is 12.3. The SMILES string of the molecule is Cc1nc(CC(NN)C2CSCCO2)cs1. The third-order valence-electron chi connectivity index (χ3n) is 2.60. The predicted molar refractivity (Wildman–Crippen MR) is 68.7 cm³/mol. The van der Waals surface area contributed by atoms with Crippen LogP contribution in [0.25, 0.3) is 0 Å². The van der Waals surface area contributed by atoms with Crippen molar-refractivity contribution in [2.24, 2.45) is 5.84 Å². The molecule has 1 aliphatic rings. The lowest BCUT2D eigenvalue weighted by Crippen LogP contribution is -2.49. The minimum Gasteiger partial charge on any atom is -0.375 e. The molecule has 1 aromatic rings. The van der Waals surface area contributed by atoms with Crippen LogP contribution in [0, 0.1) is 6.92 Å². The number of aromatic nitrogens is 1. The zero-order valence-electron chi connectivity index (χ0n) is 9.31. The summed E-state index contributed by atoms with van der Waals surface area (Å²) < 4.78 is 5.72. The van der Waals surface area contributed by atoms with Crippen molar-refractivity contribution in [2.45, 2.75) is 25.5 Å². The van der Waals surface area contributed by atoms with Crippen molar-refractivity contribution in [3.63, 3.8) is 0 Å². The quantitative estimate of drug-likeness (QED) is 0.623. The van der Waals surface area contributed by atoms with Crippen LogP contribution in [0.4, 0.5) is 0 Å². The number of hydrogen-bond acceptors (Lipinski definition) is 6. The Hall–Kier alpha value is -0.140. The lowest BCUT2D eigenvalue weighted by molar-refractivity contribution is 0.0470. The Morgan fingerprint density at radius 3 is 3.19 bits per heavy atom. The molecule has 2 heterocycles. The summed E-state index contributed by atoms with van der Waals surface area (Å²) in [4.78, 5) is 4.45. The molecule has 3 N–H and O–H groups in total. The van der Waals surface area contributed by atoms with E-state index in [9.17, 15) is 0 Å². The Morgan fingerprint density at radius 1 is 1.75 bits per heavy atom. The van der Waals surface area contributed by atoms with Gasteiger partial charge in [0.25, 0.3) is 0 Å². The van der Waals surface area contributed by atoms with Gasteiger partial charge in [0.05, 0.1) is 29.5 Å². The average molecular weight is 259 g/mol. The van der Waals surface area contributed by atoms with Crippen LogP contribution in [0.3, 0.4) is 0 Å². The van der Waals surface area contributed by atoms with E-state index in [4.69, 9.17) is 10.6 Å². The first-order chi connectivity index (χ1) is 7.79. The van der Waals surface area contributed by atoms with Gasteiger partial charge in [-0.1, -0.05) is 0 Å². The van der Waals surface area contributed by atoms with Gasteiger partial charge in [-0.2, -0.15) is 11.8 Å². The fraction of sp³-hybridized carbons (Fsp3) is 0.700. The van der Waals surface area contributed by atoms with Crippen molar-refractivity contribution in [2.75, 3.05) is 18.1 Å². The molecular weight excluding hydrogens is 242 g/mol. The normalized spacial score (nSPS) is 23.2. The summed E-state index contributed by atoms with van der Waals surface area (Å²) >= 11 is 3.60. The highest BCUT2D eigenvalue weighted by Gasteiger charge is 2.24. The number of thioether (sulfide) groups is 1. The minimum absolute atomic E-state index is 0.161. The first-order valence-corrected chi connectivity index (χ1v) is 7.39. The molecule has 1 aromatic heterocycles. The molecule has 2 rings (SSSR count). The highest BCUT2D eigenvalue weighted by molar-refractivity contribution is 7.99. The maximum atomic E-state index is 5.72. The molecule has 16 heavy (non-hydrogen) atoms. The first-order valence-electron chi connectivity index (χ1n) is 5.36. The number of thiazole rings is 1. The van der Waals surface area contributed by atoms with E-state index in [1.807, 2.05) is 18.7 Å². The van der Waals surface area contributed by atoms with Crippen LogP contribution in [0.2, 0.25) is 0 Å². The second kappa shape index (κ2) is 5.97. The molecule has 1 saturated heterocycles. The topological polar surface area (TPSA) is 60.2 Å². The van der Waals surface area contributed by atoms with Crippen LogP contribution in [-0.2, 0) is 11.2 Å². The number of hydrazine groups is 1. The van der Waals surface area contributed by atoms with Crippen molar-refractivity contribution in [3.05, 3.63) is 16.1 Å². The van der Waals surface area contributed by atoms with E-state index in [2.05, 4.69) is 15.8 Å². The third-order valence-corrected chi connectivity index (χ3v) is 4.44. The number of ether oxygens (including phenoxy) is 1. The molecule has 90 valence electrons. The Kier molecular flexibility index (Phi) is 4.60. The van der Waals surface area contributed by atoms with Crippen LogP contribution in [0.5, 0.6) is 0 Å². The third kappa shape index (κ3) is 3.18. The summed E-state index contributed by atoms with van der Waals surface area (Å²) in [5.41, 5.74) is 3.96. The number of nitrogens with zero attached hydrogens (tertiary/aromatic N) is 1. The maximum absolute atomic E-state index is 5.72. The number of nitrogens with two attached hydrogens (primary N) is 1.